The normalized spacial score (nSPS) is 47.6. The molecule has 1 saturated heterocycles. The fraction of sp³-hybridized carbons (Fsp3) is 0.944. The lowest BCUT2D eigenvalue weighted by molar-refractivity contribution is -0.154. The zero-order valence-electron chi connectivity index (χ0n) is 12.8. The molecule has 4 saturated carbocycles. The molecule has 1 heterocycles. The second kappa shape index (κ2) is 4.56. The van der Waals surface area contributed by atoms with Crippen LogP contribution in [0.4, 0.5) is 0 Å². The van der Waals surface area contributed by atoms with Crippen molar-refractivity contribution in [2.45, 2.75) is 64.7 Å². The topological polar surface area (TPSA) is 26.3 Å². The quantitative estimate of drug-likeness (QED) is 0.779. The van der Waals surface area contributed by atoms with E-state index in [1.165, 1.54) is 38.5 Å². The molecule has 2 atom stereocenters. The maximum Gasteiger partial charge on any atom is 0.139 e. The van der Waals surface area contributed by atoms with Gasteiger partial charge in [-0.25, -0.2) is 0 Å². The predicted octanol–water partition coefficient (Wildman–Crippen LogP) is 3.98. The summed E-state index contributed by atoms with van der Waals surface area (Å²) in [5.74, 6) is 2.96. The third-order valence-electron chi connectivity index (χ3n) is 6.76. The van der Waals surface area contributed by atoms with Gasteiger partial charge in [0.2, 0.25) is 0 Å². The summed E-state index contributed by atoms with van der Waals surface area (Å²) in [7, 11) is 0. The van der Waals surface area contributed by atoms with E-state index in [-0.39, 0.29) is 5.41 Å². The molecule has 4 aliphatic carbocycles. The fourth-order valence-electron chi connectivity index (χ4n) is 6.48. The molecule has 5 rings (SSSR count). The Morgan fingerprint density at radius 2 is 1.75 bits per heavy atom. The van der Waals surface area contributed by atoms with Crippen molar-refractivity contribution >= 4 is 5.78 Å². The lowest BCUT2D eigenvalue weighted by atomic mass is 9.43. The number of ether oxygens (including phenoxy) is 1. The molecule has 2 nitrogen and oxygen atoms in total. The monoisotopic (exact) mass is 276 g/mol. The largest absolute Gasteiger partial charge is 0.381 e. The average molecular weight is 276 g/mol. The van der Waals surface area contributed by atoms with Crippen LogP contribution < -0.4 is 0 Å². The standard InChI is InChI=1S/C18H28O2/c1-17-8-14-6-15(9-17)11-18(10-14,12-17)16(19)7-13-2-4-20-5-3-13/h13-15H,2-12H2,1H3. The molecule has 0 aromatic carbocycles. The lowest BCUT2D eigenvalue weighted by Crippen LogP contribution is -2.54. The fourth-order valence-corrected chi connectivity index (χ4v) is 6.48. The zero-order chi connectivity index (χ0) is 13.8. The van der Waals surface area contributed by atoms with E-state index in [4.69, 9.17) is 4.74 Å². The first-order chi connectivity index (χ1) is 9.57. The number of rotatable bonds is 3. The molecule has 2 unspecified atom stereocenters. The summed E-state index contributed by atoms with van der Waals surface area (Å²) in [5.41, 5.74) is 0.590. The summed E-state index contributed by atoms with van der Waals surface area (Å²) in [4.78, 5) is 13.1. The van der Waals surface area contributed by atoms with E-state index in [1.54, 1.807) is 0 Å². The molecule has 5 fully saturated rings. The van der Waals surface area contributed by atoms with Gasteiger partial charge in [-0.05, 0) is 74.5 Å². The highest BCUT2D eigenvalue weighted by atomic mass is 16.5. The maximum atomic E-state index is 13.1. The van der Waals surface area contributed by atoms with Gasteiger partial charge in [0, 0.05) is 25.0 Å². The number of carbonyl (C=O) groups is 1. The Labute approximate surface area is 122 Å². The summed E-state index contributed by atoms with van der Waals surface area (Å²) in [5, 5.41) is 0. The third-order valence-corrected chi connectivity index (χ3v) is 6.76. The number of carbonyl (C=O) groups excluding carboxylic acids is 1. The highest BCUT2D eigenvalue weighted by Crippen LogP contribution is 2.65. The van der Waals surface area contributed by atoms with Gasteiger partial charge in [-0.15, -0.1) is 0 Å². The van der Waals surface area contributed by atoms with E-state index in [1.807, 2.05) is 0 Å². The van der Waals surface area contributed by atoms with Crippen molar-refractivity contribution in [3.63, 3.8) is 0 Å². The van der Waals surface area contributed by atoms with Crippen LogP contribution in [-0.2, 0) is 9.53 Å². The van der Waals surface area contributed by atoms with Gasteiger partial charge < -0.3 is 4.74 Å². The van der Waals surface area contributed by atoms with Crippen LogP contribution in [0.5, 0.6) is 0 Å². The van der Waals surface area contributed by atoms with Crippen molar-refractivity contribution in [2.75, 3.05) is 13.2 Å². The van der Waals surface area contributed by atoms with E-state index >= 15 is 0 Å². The lowest BCUT2D eigenvalue weighted by Gasteiger charge is -2.60. The van der Waals surface area contributed by atoms with E-state index < -0.39 is 0 Å². The van der Waals surface area contributed by atoms with E-state index in [0.29, 0.717) is 17.1 Å². The average Bonchev–Trinajstić information content (AvgIpc) is 2.37. The second-order valence-corrected chi connectivity index (χ2v) is 8.74. The molecule has 1 aliphatic heterocycles. The Kier molecular flexibility index (Phi) is 3.03. The second-order valence-electron chi connectivity index (χ2n) is 8.74. The number of ketones is 1. The Morgan fingerprint density at radius 1 is 1.10 bits per heavy atom. The van der Waals surface area contributed by atoms with Gasteiger partial charge in [0.1, 0.15) is 5.78 Å². The van der Waals surface area contributed by atoms with Gasteiger partial charge in [0.25, 0.3) is 0 Å². The van der Waals surface area contributed by atoms with Gasteiger partial charge in [-0.3, -0.25) is 4.79 Å². The van der Waals surface area contributed by atoms with Crippen LogP contribution in [0.1, 0.15) is 64.7 Å². The molecule has 5 aliphatic rings. The van der Waals surface area contributed by atoms with E-state index in [2.05, 4.69) is 6.92 Å². The van der Waals surface area contributed by atoms with Crippen molar-refractivity contribution < 1.29 is 9.53 Å². The molecular formula is C18H28O2. The first-order valence-corrected chi connectivity index (χ1v) is 8.68. The minimum Gasteiger partial charge on any atom is -0.381 e. The van der Waals surface area contributed by atoms with Gasteiger partial charge in [-0.2, -0.15) is 0 Å². The van der Waals surface area contributed by atoms with Gasteiger partial charge >= 0.3 is 0 Å². The van der Waals surface area contributed by atoms with Gasteiger partial charge in [-0.1, -0.05) is 6.92 Å². The molecule has 0 aromatic heterocycles. The molecule has 0 radical (unpaired) electrons. The van der Waals surface area contributed by atoms with Gasteiger partial charge in [0.05, 0.1) is 0 Å². The summed E-state index contributed by atoms with van der Waals surface area (Å²) >= 11 is 0. The van der Waals surface area contributed by atoms with Crippen LogP contribution in [0.15, 0.2) is 0 Å². The maximum absolute atomic E-state index is 13.1. The smallest absolute Gasteiger partial charge is 0.139 e. The molecule has 0 N–H and O–H groups in total. The Hall–Kier alpha value is -0.370. The van der Waals surface area contributed by atoms with Crippen molar-refractivity contribution in [3.05, 3.63) is 0 Å². The summed E-state index contributed by atoms with van der Waals surface area (Å²) < 4.78 is 5.44. The zero-order valence-corrected chi connectivity index (χ0v) is 12.8. The van der Waals surface area contributed by atoms with Crippen molar-refractivity contribution in [1.82, 2.24) is 0 Å². The van der Waals surface area contributed by atoms with Crippen molar-refractivity contribution in [3.8, 4) is 0 Å². The first-order valence-electron chi connectivity index (χ1n) is 8.68. The van der Waals surface area contributed by atoms with Crippen molar-refractivity contribution in [1.29, 1.82) is 0 Å². The summed E-state index contributed by atoms with van der Waals surface area (Å²) in [6.07, 6.45) is 10.9. The molecule has 112 valence electrons. The Bertz CT molecular complexity index is 394. The van der Waals surface area contributed by atoms with Crippen LogP contribution in [0.25, 0.3) is 0 Å². The number of hydrogen-bond donors (Lipinski definition) is 0. The highest BCUT2D eigenvalue weighted by molar-refractivity contribution is 5.85. The third kappa shape index (κ3) is 2.15. The molecule has 20 heavy (non-hydrogen) atoms. The molecular weight excluding hydrogens is 248 g/mol. The molecule has 0 aromatic rings. The van der Waals surface area contributed by atoms with Crippen molar-refractivity contribution in [2.24, 2.45) is 28.6 Å². The first kappa shape index (κ1) is 13.3. The molecule has 2 heteroatoms. The highest BCUT2D eigenvalue weighted by Gasteiger charge is 2.58. The van der Waals surface area contributed by atoms with Crippen LogP contribution in [-0.4, -0.2) is 19.0 Å². The molecule has 0 spiro atoms. The molecule has 4 bridgehead atoms. The SMILES string of the molecule is CC12CC3CC(C1)CC(C(=O)CC1CCOCC1)(C3)C2. The Balaban J connectivity index is 1.50. The predicted molar refractivity (Wildman–Crippen MR) is 78.4 cm³/mol. The number of Topliss-reactive ketones (excluding diaryl/α,β-unsaturated/α-hetero) is 1. The minimum atomic E-state index is 0.0944. The Morgan fingerprint density at radius 3 is 2.35 bits per heavy atom. The van der Waals surface area contributed by atoms with Crippen LogP contribution in [0.3, 0.4) is 0 Å². The van der Waals surface area contributed by atoms with E-state index in [0.717, 1.165) is 44.3 Å². The van der Waals surface area contributed by atoms with E-state index in [9.17, 15) is 4.79 Å². The summed E-state index contributed by atoms with van der Waals surface area (Å²) in [6, 6.07) is 0. The van der Waals surface area contributed by atoms with Crippen LogP contribution in [0, 0.1) is 28.6 Å². The minimum absolute atomic E-state index is 0.0944. The number of hydrogen-bond acceptors (Lipinski definition) is 2. The van der Waals surface area contributed by atoms with Crippen LogP contribution in [0.2, 0.25) is 0 Å². The summed E-state index contributed by atoms with van der Waals surface area (Å²) in [6.45, 7) is 4.20. The van der Waals surface area contributed by atoms with Gasteiger partial charge in [0.15, 0.2) is 0 Å². The molecule has 0 amide bonds. The van der Waals surface area contributed by atoms with Crippen LogP contribution >= 0.6 is 0 Å².